The third-order valence-corrected chi connectivity index (χ3v) is 4.09. The number of carbonyl (C=O) groups is 2. The van der Waals surface area contributed by atoms with Crippen LogP contribution in [0.25, 0.3) is 0 Å². The lowest BCUT2D eigenvalue weighted by Crippen LogP contribution is -2.45. The van der Waals surface area contributed by atoms with Gasteiger partial charge in [0, 0.05) is 12.1 Å². The third kappa shape index (κ3) is 4.82. The number of nitrogens with one attached hydrogen (secondary N) is 2. The molecule has 0 radical (unpaired) electrons. The highest BCUT2D eigenvalue weighted by Crippen LogP contribution is 2.15. The highest BCUT2D eigenvalue weighted by atomic mass is 19.1. The molecule has 1 aromatic heterocycles. The molecule has 2 amide bonds. The van der Waals surface area contributed by atoms with Crippen LogP contribution < -0.4 is 10.6 Å². The zero-order valence-corrected chi connectivity index (χ0v) is 14.7. The van der Waals surface area contributed by atoms with Crippen LogP contribution in [-0.2, 0) is 11.2 Å². The maximum Gasteiger partial charge on any atom is 0.287 e. The van der Waals surface area contributed by atoms with Crippen molar-refractivity contribution in [3.63, 3.8) is 0 Å². The molecule has 1 heterocycles. The summed E-state index contributed by atoms with van der Waals surface area (Å²) in [6.07, 6.45) is 1.67. The van der Waals surface area contributed by atoms with Crippen LogP contribution >= 0.6 is 0 Å². The highest BCUT2D eigenvalue weighted by Gasteiger charge is 2.23. The Labute approximate surface area is 156 Å². The van der Waals surface area contributed by atoms with E-state index in [0.29, 0.717) is 11.3 Å². The molecule has 3 rings (SSSR count). The molecule has 138 valence electrons. The maximum atomic E-state index is 13.7. The van der Waals surface area contributed by atoms with Crippen LogP contribution in [0.1, 0.15) is 21.7 Å². The predicted molar refractivity (Wildman–Crippen MR) is 99.9 cm³/mol. The Hall–Kier alpha value is -3.41. The molecular formula is C21H19FN2O3. The second-order valence-electron chi connectivity index (χ2n) is 6.15. The Morgan fingerprint density at radius 3 is 2.52 bits per heavy atom. The van der Waals surface area contributed by atoms with E-state index in [-0.39, 0.29) is 12.2 Å². The van der Waals surface area contributed by atoms with Crippen molar-refractivity contribution in [1.29, 1.82) is 0 Å². The summed E-state index contributed by atoms with van der Waals surface area (Å²) in [7, 11) is 0. The average Bonchev–Trinajstić information content (AvgIpc) is 3.20. The van der Waals surface area contributed by atoms with Crippen molar-refractivity contribution >= 4 is 17.5 Å². The van der Waals surface area contributed by atoms with Gasteiger partial charge < -0.3 is 15.1 Å². The molecule has 1 atom stereocenters. The summed E-state index contributed by atoms with van der Waals surface area (Å²) in [5.41, 5.74) is 1.70. The largest absolute Gasteiger partial charge is 0.459 e. The molecule has 0 spiro atoms. The van der Waals surface area contributed by atoms with E-state index in [0.717, 1.165) is 5.56 Å². The van der Waals surface area contributed by atoms with Gasteiger partial charge in [0.15, 0.2) is 5.76 Å². The number of carbonyl (C=O) groups excluding carboxylic acids is 2. The summed E-state index contributed by atoms with van der Waals surface area (Å²) in [6.45, 7) is 1.64. The first-order valence-electron chi connectivity index (χ1n) is 8.48. The molecule has 2 N–H and O–H groups in total. The number of amides is 2. The van der Waals surface area contributed by atoms with Crippen molar-refractivity contribution < 1.29 is 18.4 Å². The number of rotatable bonds is 6. The minimum atomic E-state index is -0.852. The standard InChI is InChI=1S/C21H19FN2O3/c1-14-9-10-16(13-17(14)22)23-20(25)18(12-15-6-3-2-4-7-15)24-21(26)19-8-5-11-27-19/h2-11,13,18H,12H2,1H3,(H,23,25)(H,24,26). The van der Waals surface area contributed by atoms with Gasteiger partial charge in [-0.3, -0.25) is 9.59 Å². The van der Waals surface area contributed by atoms with Crippen LogP contribution in [-0.4, -0.2) is 17.9 Å². The van der Waals surface area contributed by atoms with E-state index >= 15 is 0 Å². The van der Waals surface area contributed by atoms with Gasteiger partial charge in [-0.1, -0.05) is 36.4 Å². The minimum Gasteiger partial charge on any atom is -0.459 e. The molecule has 0 aliphatic carbocycles. The first-order chi connectivity index (χ1) is 13.0. The number of anilines is 1. The second-order valence-corrected chi connectivity index (χ2v) is 6.15. The summed E-state index contributed by atoms with van der Waals surface area (Å²) in [4.78, 5) is 25.1. The summed E-state index contributed by atoms with van der Waals surface area (Å²) >= 11 is 0. The summed E-state index contributed by atoms with van der Waals surface area (Å²) < 4.78 is 18.8. The van der Waals surface area contributed by atoms with Crippen LogP contribution in [0.3, 0.4) is 0 Å². The Morgan fingerprint density at radius 2 is 1.85 bits per heavy atom. The fourth-order valence-corrected chi connectivity index (χ4v) is 2.60. The quantitative estimate of drug-likeness (QED) is 0.699. The Bertz CT molecular complexity index is 924. The maximum absolute atomic E-state index is 13.7. The molecule has 3 aromatic rings. The van der Waals surface area contributed by atoms with Gasteiger partial charge in [0.05, 0.1) is 6.26 Å². The zero-order valence-electron chi connectivity index (χ0n) is 14.7. The van der Waals surface area contributed by atoms with Gasteiger partial charge in [-0.2, -0.15) is 0 Å². The third-order valence-electron chi connectivity index (χ3n) is 4.09. The van der Waals surface area contributed by atoms with Gasteiger partial charge in [-0.15, -0.1) is 0 Å². The lowest BCUT2D eigenvalue weighted by molar-refractivity contribution is -0.118. The number of benzene rings is 2. The van der Waals surface area contributed by atoms with Crippen molar-refractivity contribution in [2.75, 3.05) is 5.32 Å². The number of furan rings is 1. The molecule has 5 nitrogen and oxygen atoms in total. The van der Waals surface area contributed by atoms with E-state index in [1.54, 1.807) is 25.1 Å². The Balaban J connectivity index is 1.77. The molecule has 1 unspecified atom stereocenters. The topological polar surface area (TPSA) is 71.3 Å². The van der Waals surface area contributed by atoms with Gasteiger partial charge >= 0.3 is 0 Å². The summed E-state index contributed by atoms with van der Waals surface area (Å²) in [5.74, 6) is -1.23. The first-order valence-corrected chi connectivity index (χ1v) is 8.48. The predicted octanol–water partition coefficient (Wildman–Crippen LogP) is 3.71. The Morgan fingerprint density at radius 1 is 1.07 bits per heavy atom. The van der Waals surface area contributed by atoms with Crippen molar-refractivity contribution in [2.45, 2.75) is 19.4 Å². The lowest BCUT2D eigenvalue weighted by atomic mass is 10.0. The van der Waals surface area contributed by atoms with Gasteiger partial charge in [0.25, 0.3) is 5.91 Å². The molecule has 0 fully saturated rings. The van der Waals surface area contributed by atoms with Crippen molar-refractivity contribution in [3.8, 4) is 0 Å². The molecule has 0 saturated heterocycles. The van der Waals surface area contributed by atoms with E-state index in [2.05, 4.69) is 10.6 Å². The van der Waals surface area contributed by atoms with Crippen LogP contribution in [0.4, 0.5) is 10.1 Å². The molecule has 27 heavy (non-hydrogen) atoms. The fourth-order valence-electron chi connectivity index (χ4n) is 2.60. The minimum absolute atomic E-state index is 0.113. The van der Waals surface area contributed by atoms with Crippen LogP contribution in [0, 0.1) is 12.7 Å². The van der Waals surface area contributed by atoms with E-state index in [9.17, 15) is 14.0 Å². The molecular weight excluding hydrogens is 347 g/mol. The second kappa shape index (κ2) is 8.31. The smallest absolute Gasteiger partial charge is 0.287 e. The Kier molecular flexibility index (Phi) is 5.66. The summed E-state index contributed by atoms with van der Waals surface area (Å²) in [6, 6.07) is 16.0. The molecule has 2 aromatic carbocycles. The molecule has 0 saturated carbocycles. The normalized spacial score (nSPS) is 11.6. The van der Waals surface area contributed by atoms with Crippen LogP contribution in [0.15, 0.2) is 71.3 Å². The van der Waals surface area contributed by atoms with Crippen molar-refractivity contribution in [1.82, 2.24) is 5.32 Å². The molecule has 0 aliphatic rings. The zero-order chi connectivity index (χ0) is 19.2. The number of halogens is 1. The van der Waals surface area contributed by atoms with E-state index in [4.69, 9.17) is 4.42 Å². The lowest BCUT2D eigenvalue weighted by Gasteiger charge is -2.18. The van der Waals surface area contributed by atoms with E-state index < -0.39 is 23.7 Å². The number of hydrogen-bond acceptors (Lipinski definition) is 3. The molecule has 0 aliphatic heterocycles. The van der Waals surface area contributed by atoms with Crippen molar-refractivity contribution in [2.24, 2.45) is 0 Å². The van der Waals surface area contributed by atoms with E-state index in [1.165, 1.54) is 18.4 Å². The van der Waals surface area contributed by atoms with Crippen LogP contribution in [0.2, 0.25) is 0 Å². The summed E-state index contributed by atoms with van der Waals surface area (Å²) in [5, 5.41) is 5.33. The average molecular weight is 366 g/mol. The van der Waals surface area contributed by atoms with Crippen molar-refractivity contribution in [3.05, 3.63) is 89.6 Å². The SMILES string of the molecule is Cc1ccc(NC(=O)C(Cc2ccccc2)NC(=O)c2ccco2)cc1F. The van der Waals surface area contributed by atoms with Gasteiger partial charge in [0.1, 0.15) is 11.9 Å². The first kappa shape index (κ1) is 18.4. The van der Waals surface area contributed by atoms with Gasteiger partial charge in [-0.25, -0.2) is 4.39 Å². The number of hydrogen-bond donors (Lipinski definition) is 2. The van der Waals surface area contributed by atoms with Crippen LogP contribution in [0.5, 0.6) is 0 Å². The molecule has 6 heteroatoms. The number of aryl methyl sites for hydroxylation is 1. The fraction of sp³-hybridized carbons (Fsp3) is 0.143. The molecule has 0 bridgehead atoms. The van der Waals surface area contributed by atoms with Gasteiger partial charge in [-0.05, 0) is 42.3 Å². The van der Waals surface area contributed by atoms with E-state index in [1.807, 2.05) is 30.3 Å². The highest BCUT2D eigenvalue weighted by molar-refractivity contribution is 6.00. The van der Waals surface area contributed by atoms with Gasteiger partial charge in [0.2, 0.25) is 5.91 Å². The monoisotopic (exact) mass is 366 g/mol.